The topological polar surface area (TPSA) is 44.5 Å². The summed E-state index contributed by atoms with van der Waals surface area (Å²) < 4.78 is 66.9. The fraction of sp³-hybridized carbons (Fsp3) is 0.250. The van der Waals surface area contributed by atoms with E-state index in [-0.39, 0.29) is 4.47 Å². The van der Waals surface area contributed by atoms with Crippen LogP contribution >= 0.6 is 15.9 Å². The number of alkyl halides is 5. The Morgan fingerprint density at radius 2 is 1.71 bits per heavy atom. The minimum absolute atomic E-state index is 0.312. The molecular formula is C8H5BrF5NO2. The van der Waals surface area contributed by atoms with Crippen LogP contribution in [0, 0.1) is 0 Å². The predicted molar refractivity (Wildman–Crippen MR) is 51.9 cm³/mol. The second-order valence-corrected chi connectivity index (χ2v) is 3.51. The minimum Gasteiger partial charge on any atom is -0.433 e. The van der Waals surface area contributed by atoms with Gasteiger partial charge in [-0.2, -0.15) is 8.78 Å². The van der Waals surface area contributed by atoms with E-state index in [0.717, 1.165) is 12.1 Å². The van der Waals surface area contributed by atoms with E-state index in [1.165, 1.54) is 0 Å². The largest absolute Gasteiger partial charge is 0.573 e. The maximum atomic E-state index is 11.9. The number of ether oxygens (including phenoxy) is 2. The Morgan fingerprint density at radius 1 is 1.18 bits per heavy atom. The lowest BCUT2D eigenvalue weighted by molar-refractivity contribution is -0.274. The van der Waals surface area contributed by atoms with Crippen LogP contribution in [0.1, 0.15) is 0 Å². The molecule has 0 saturated carbocycles. The van der Waals surface area contributed by atoms with Gasteiger partial charge >= 0.3 is 13.0 Å². The first-order valence-electron chi connectivity index (χ1n) is 3.99. The van der Waals surface area contributed by atoms with Gasteiger partial charge in [0.15, 0.2) is 0 Å². The highest BCUT2D eigenvalue weighted by molar-refractivity contribution is 9.10. The Labute approximate surface area is 100 Å². The van der Waals surface area contributed by atoms with Gasteiger partial charge in [0, 0.05) is 0 Å². The molecule has 0 aliphatic rings. The molecule has 0 heterocycles. The second kappa shape index (κ2) is 4.94. The van der Waals surface area contributed by atoms with Crippen molar-refractivity contribution in [1.29, 1.82) is 0 Å². The lowest BCUT2D eigenvalue weighted by Gasteiger charge is -2.14. The average Bonchev–Trinajstić information content (AvgIpc) is 2.15. The molecule has 0 radical (unpaired) electrons. The Morgan fingerprint density at radius 3 is 2.18 bits per heavy atom. The number of rotatable bonds is 3. The lowest BCUT2D eigenvalue weighted by Crippen LogP contribution is -2.17. The fourth-order valence-corrected chi connectivity index (χ4v) is 1.37. The zero-order valence-electron chi connectivity index (χ0n) is 7.89. The monoisotopic (exact) mass is 321 g/mol. The Balaban J connectivity index is 3.02. The van der Waals surface area contributed by atoms with Crippen LogP contribution in [0.5, 0.6) is 11.5 Å². The van der Waals surface area contributed by atoms with Crippen LogP contribution in [0.3, 0.4) is 0 Å². The summed E-state index contributed by atoms with van der Waals surface area (Å²) in [4.78, 5) is 0. The standard InChI is InChI=1S/C8H5BrF5NO2/c9-5-3(17-8(12,13)14)1-2-4(6(5)15)16-7(10)11/h1-2,7H,15H2. The number of benzene rings is 1. The molecule has 2 N–H and O–H groups in total. The summed E-state index contributed by atoms with van der Waals surface area (Å²) >= 11 is 2.70. The van der Waals surface area contributed by atoms with Crippen molar-refractivity contribution in [3.8, 4) is 11.5 Å². The first-order chi connectivity index (χ1) is 7.70. The maximum Gasteiger partial charge on any atom is 0.573 e. The zero-order chi connectivity index (χ0) is 13.2. The molecule has 0 fully saturated rings. The third-order valence-electron chi connectivity index (χ3n) is 1.55. The summed E-state index contributed by atoms with van der Waals surface area (Å²) in [6.07, 6.45) is -4.90. The molecule has 0 unspecified atom stereocenters. The van der Waals surface area contributed by atoms with E-state index >= 15 is 0 Å². The molecule has 0 saturated heterocycles. The minimum atomic E-state index is -4.90. The maximum absolute atomic E-state index is 11.9. The van der Waals surface area contributed by atoms with Gasteiger partial charge in [0.2, 0.25) is 0 Å². The average molecular weight is 322 g/mol. The normalized spacial score (nSPS) is 11.7. The van der Waals surface area contributed by atoms with E-state index in [1.807, 2.05) is 0 Å². The molecule has 0 atom stereocenters. The van der Waals surface area contributed by atoms with Gasteiger partial charge in [-0.1, -0.05) is 0 Å². The summed E-state index contributed by atoms with van der Waals surface area (Å²) in [5.74, 6) is -1.09. The summed E-state index contributed by atoms with van der Waals surface area (Å²) in [5.41, 5.74) is 4.89. The molecule has 1 aromatic carbocycles. The summed E-state index contributed by atoms with van der Waals surface area (Å²) in [6.45, 7) is -3.13. The number of nitrogen functional groups attached to an aromatic ring is 1. The van der Waals surface area contributed by atoms with Crippen LogP contribution in [0.2, 0.25) is 0 Å². The number of nitrogens with two attached hydrogens (primary N) is 1. The van der Waals surface area contributed by atoms with Crippen LogP contribution in [0.15, 0.2) is 16.6 Å². The van der Waals surface area contributed by atoms with Crippen molar-refractivity contribution in [3.63, 3.8) is 0 Å². The smallest absolute Gasteiger partial charge is 0.433 e. The molecule has 17 heavy (non-hydrogen) atoms. The first kappa shape index (κ1) is 13.8. The Bertz CT molecular complexity index is 410. The third-order valence-corrected chi connectivity index (χ3v) is 2.36. The van der Waals surface area contributed by atoms with Crippen molar-refractivity contribution in [2.24, 2.45) is 0 Å². The van der Waals surface area contributed by atoms with Crippen LogP contribution < -0.4 is 15.2 Å². The number of halogens is 6. The SMILES string of the molecule is Nc1c(OC(F)F)ccc(OC(F)(F)F)c1Br. The molecular weight excluding hydrogens is 317 g/mol. The summed E-state index contributed by atoms with van der Waals surface area (Å²) in [6, 6.07) is 1.67. The van der Waals surface area contributed by atoms with Gasteiger partial charge in [-0.05, 0) is 28.1 Å². The fourth-order valence-electron chi connectivity index (χ4n) is 0.957. The van der Waals surface area contributed by atoms with E-state index in [2.05, 4.69) is 25.4 Å². The quantitative estimate of drug-likeness (QED) is 0.684. The van der Waals surface area contributed by atoms with Crippen molar-refractivity contribution in [3.05, 3.63) is 16.6 Å². The van der Waals surface area contributed by atoms with Crippen LogP contribution in [0.25, 0.3) is 0 Å². The van der Waals surface area contributed by atoms with Gasteiger partial charge < -0.3 is 15.2 Å². The molecule has 96 valence electrons. The first-order valence-corrected chi connectivity index (χ1v) is 4.78. The van der Waals surface area contributed by atoms with Crippen LogP contribution in [-0.4, -0.2) is 13.0 Å². The second-order valence-electron chi connectivity index (χ2n) is 2.72. The van der Waals surface area contributed by atoms with Gasteiger partial charge in [-0.25, -0.2) is 0 Å². The van der Waals surface area contributed by atoms with Crippen molar-refractivity contribution >= 4 is 21.6 Å². The van der Waals surface area contributed by atoms with Gasteiger partial charge in [0.05, 0.1) is 10.2 Å². The van der Waals surface area contributed by atoms with E-state index in [9.17, 15) is 22.0 Å². The molecule has 0 amide bonds. The molecule has 0 aromatic heterocycles. The van der Waals surface area contributed by atoms with Gasteiger partial charge in [0.1, 0.15) is 11.5 Å². The molecule has 0 aliphatic heterocycles. The molecule has 9 heteroatoms. The van der Waals surface area contributed by atoms with Crippen LogP contribution in [0.4, 0.5) is 27.6 Å². The zero-order valence-corrected chi connectivity index (χ0v) is 9.48. The van der Waals surface area contributed by atoms with Gasteiger partial charge in [0.25, 0.3) is 0 Å². The third kappa shape index (κ3) is 3.91. The van der Waals surface area contributed by atoms with Crippen LogP contribution in [-0.2, 0) is 0 Å². The number of hydrogen-bond donors (Lipinski definition) is 1. The predicted octanol–water partition coefficient (Wildman–Crippen LogP) is 3.53. The van der Waals surface area contributed by atoms with Crippen molar-refractivity contribution < 1.29 is 31.4 Å². The van der Waals surface area contributed by atoms with Gasteiger partial charge in [-0.15, -0.1) is 13.2 Å². The summed E-state index contributed by atoms with van der Waals surface area (Å²) in [7, 11) is 0. The van der Waals surface area contributed by atoms with Crippen molar-refractivity contribution in [1.82, 2.24) is 0 Å². The Hall–Kier alpha value is -1.25. The highest BCUT2D eigenvalue weighted by atomic mass is 79.9. The highest BCUT2D eigenvalue weighted by Crippen LogP contribution is 2.40. The van der Waals surface area contributed by atoms with E-state index in [4.69, 9.17) is 5.73 Å². The molecule has 0 aliphatic carbocycles. The van der Waals surface area contributed by atoms with Crippen molar-refractivity contribution in [2.75, 3.05) is 5.73 Å². The Kier molecular flexibility index (Phi) is 4.02. The van der Waals surface area contributed by atoms with E-state index in [1.54, 1.807) is 0 Å². The molecule has 0 bridgehead atoms. The van der Waals surface area contributed by atoms with Gasteiger partial charge in [-0.3, -0.25) is 0 Å². The summed E-state index contributed by atoms with van der Waals surface area (Å²) in [5, 5.41) is 0. The molecule has 0 spiro atoms. The van der Waals surface area contributed by atoms with Crippen molar-refractivity contribution in [2.45, 2.75) is 13.0 Å². The molecule has 3 nitrogen and oxygen atoms in total. The number of hydrogen-bond acceptors (Lipinski definition) is 3. The van der Waals surface area contributed by atoms with E-state index < -0.39 is 30.2 Å². The molecule has 1 aromatic rings. The van der Waals surface area contributed by atoms with E-state index in [0.29, 0.717) is 0 Å². The lowest BCUT2D eigenvalue weighted by atomic mass is 10.3. The number of anilines is 1. The molecule has 1 rings (SSSR count). The highest BCUT2D eigenvalue weighted by Gasteiger charge is 2.32.